The Balaban J connectivity index is 3.06. The Morgan fingerprint density at radius 3 is 0.933 bits per heavy atom. The van der Waals surface area contributed by atoms with E-state index in [0.29, 0.717) is 0 Å². The van der Waals surface area contributed by atoms with Crippen molar-refractivity contribution >= 4 is 0 Å². The van der Waals surface area contributed by atoms with E-state index in [9.17, 15) is 0 Å². The van der Waals surface area contributed by atoms with Gasteiger partial charge in [-0.15, -0.1) is 0 Å². The minimum atomic E-state index is 1.12. The molecule has 0 atom stereocenters. The zero-order valence-electron chi connectivity index (χ0n) is 21.2. The molecule has 0 aliphatic carbocycles. The predicted molar refractivity (Wildman–Crippen MR) is 140 cm³/mol. The molecule has 0 aromatic carbocycles. The summed E-state index contributed by atoms with van der Waals surface area (Å²) < 4.78 is 0. The molecule has 1 radical (unpaired) electrons. The molecule has 0 aliphatic rings. The molecule has 0 unspecified atom stereocenters. The van der Waals surface area contributed by atoms with Crippen molar-refractivity contribution in [3.05, 3.63) is 19.1 Å². The maximum Gasteiger partial charge on any atom is -0.0351 e. The Bertz CT molecular complexity index is 303. The summed E-state index contributed by atoms with van der Waals surface area (Å²) in [7, 11) is 0. The molecule has 0 amide bonds. The van der Waals surface area contributed by atoms with Gasteiger partial charge in [-0.05, 0) is 25.7 Å². The maximum absolute atomic E-state index is 3.91. The molecule has 0 heterocycles. The van der Waals surface area contributed by atoms with Crippen LogP contribution in [-0.4, -0.2) is 0 Å². The van der Waals surface area contributed by atoms with Gasteiger partial charge < -0.3 is 0 Å². The van der Waals surface area contributed by atoms with E-state index in [4.69, 9.17) is 0 Å². The fraction of sp³-hybridized carbons (Fsp3) is 0.900. The van der Waals surface area contributed by atoms with Crippen LogP contribution in [-0.2, 0) is 0 Å². The van der Waals surface area contributed by atoms with Gasteiger partial charge in [0.15, 0.2) is 0 Å². The lowest BCUT2D eigenvalue weighted by Crippen LogP contribution is -1.83. The van der Waals surface area contributed by atoms with Crippen LogP contribution in [0.15, 0.2) is 12.2 Å². The second-order valence-corrected chi connectivity index (χ2v) is 9.68. The Hall–Kier alpha value is -0.260. The monoisotopic (exact) mass is 419 g/mol. The summed E-state index contributed by atoms with van der Waals surface area (Å²) in [6, 6.07) is 0. The van der Waals surface area contributed by atoms with Crippen molar-refractivity contribution in [2.45, 2.75) is 174 Å². The van der Waals surface area contributed by atoms with E-state index in [-0.39, 0.29) is 0 Å². The molecule has 0 aromatic rings. The number of unbranched alkanes of at least 4 members (excludes halogenated alkanes) is 24. The first-order chi connectivity index (χ1) is 14.9. The van der Waals surface area contributed by atoms with E-state index in [2.05, 4.69) is 26.0 Å². The topological polar surface area (TPSA) is 0 Å². The van der Waals surface area contributed by atoms with Crippen molar-refractivity contribution in [2.24, 2.45) is 0 Å². The molecule has 0 heteroatoms. The molecule has 0 aromatic heterocycles. The highest BCUT2D eigenvalue weighted by atomic mass is 14.0. The van der Waals surface area contributed by atoms with Gasteiger partial charge in [-0.25, -0.2) is 0 Å². The highest BCUT2D eigenvalue weighted by Crippen LogP contribution is 2.14. The lowest BCUT2D eigenvalue weighted by molar-refractivity contribution is 0.540. The summed E-state index contributed by atoms with van der Waals surface area (Å²) in [4.78, 5) is 0. The zero-order valence-corrected chi connectivity index (χ0v) is 21.2. The van der Waals surface area contributed by atoms with Crippen LogP contribution in [0.3, 0.4) is 0 Å². The summed E-state index contributed by atoms with van der Waals surface area (Å²) >= 11 is 0. The summed E-state index contributed by atoms with van der Waals surface area (Å²) in [6.07, 6.45) is 41.8. The molecule has 0 aliphatic heterocycles. The summed E-state index contributed by atoms with van der Waals surface area (Å²) in [5.41, 5.74) is 0. The Kier molecular flexibility index (Phi) is 28.5. The lowest BCUT2D eigenvalue weighted by atomic mass is 10.0. The van der Waals surface area contributed by atoms with Crippen molar-refractivity contribution in [1.82, 2.24) is 0 Å². The van der Waals surface area contributed by atoms with E-state index < -0.39 is 0 Å². The molecule has 0 saturated carbocycles. The first-order valence-corrected chi connectivity index (χ1v) is 14.4. The normalized spacial score (nSPS) is 11.7. The standard InChI is InChI=1S/C30H59/c1-3-5-7-9-11-13-15-17-19-21-23-25-27-29-30-28-26-24-22-20-18-16-14-12-10-8-6-4-2/h27,29H,1,3-26,28,30H2,2H3. The molecular weight excluding hydrogens is 360 g/mol. The SMILES string of the molecule is [CH2]CCCCCCCCCCCCC=CCCCCCCCCCCCCCCC. The summed E-state index contributed by atoms with van der Waals surface area (Å²) in [5, 5.41) is 0. The maximum atomic E-state index is 3.91. The average molecular weight is 420 g/mol. The van der Waals surface area contributed by atoms with Crippen LogP contribution in [0.2, 0.25) is 0 Å². The van der Waals surface area contributed by atoms with Crippen LogP contribution >= 0.6 is 0 Å². The summed E-state index contributed by atoms with van der Waals surface area (Å²) in [6.45, 7) is 6.21. The molecule has 0 nitrogen and oxygen atoms in total. The average Bonchev–Trinajstić information content (AvgIpc) is 2.76. The smallest absolute Gasteiger partial charge is 0.0351 e. The second-order valence-electron chi connectivity index (χ2n) is 9.68. The predicted octanol–water partition coefficient (Wildman–Crippen LogP) is 11.5. The highest BCUT2D eigenvalue weighted by molar-refractivity contribution is 4.81. The molecule has 0 bridgehead atoms. The van der Waals surface area contributed by atoms with E-state index in [1.54, 1.807) is 0 Å². The number of hydrogen-bond donors (Lipinski definition) is 0. The van der Waals surface area contributed by atoms with Crippen LogP contribution in [0.4, 0.5) is 0 Å². The minimum Gasteiger partial charge on any atom is -0.0885 e. The van der Waals surface area contributed by atoms with Crippen LogP contribution in [0, 0.1) is 6.92 Å². The van der Waals surface area contributed by atoms with E-state index in [1.165, 1.54) is 161 Å². The Labute approximate surface area is 193 Å². The molecule has 0 N–H and O–H groups in total. The first kappa shape index (κ1) is 29.7. The second kappa shape index (κ2) is 28.7. The van der Waals surface area contributed by atoms with Crippen LogP contribution < -0.4 is 0 Å². The zero-order chi connectivity index (χ0) is 21.8. The summed E-state index contributed by atoms with van der Waals surface area (Å²) in [5.74, 6) is 0. The van der Waals surface area contributed by atoms with Crippen molar-refractivity contribution in [1.29, 1.82) is 0 Å². The number of hydrogen-bond acceptors (Lipinski definition) is 0. The van der Waals surface area contributed by atoms with Crippen LogP contribution in [0.5, 0.6) is 0 Å². The molecule has 0 fully saturated rings. The highest BCUT2D eigenvalue weighted by Gasteiger charge is 1.94. The van der Waals surface area contributed by atoms with Crippen molar-refractivity contribution in [3.63, 3.8) is 0 Å². The van der Waals surface area contributed by atoms with Gasteiger partial charge in [0, 0.05) is 0 Å². The van der Waals surface area contributed by atoms with Gasteiger partial charge in [0.25, 0.3) is 0 Å². The third kappa shape index (κ3) is 27.7. The van der Waals surface area contributed by atoms with Gasteiger partial charge in [-0.1, -0.05) is 167 Å². The first-order valence-electron chi connectivity index (χ1n) is 14.4. The largest absolute Gasteiger partial charge is 0.0885 e. The van der Waals surface area contributed by atoms with Gasteiger partial charge >= 0.3 is 0 Å². The van der Waals surface area contributed by atoms with Crippen molar-refractivity contribution in [2.75, 3.05) is 0 Å². The van der Waals surface area contributed by atoms with Gasteiger partial charge in [0.05, 0.1) is 0 Å². The van der Waals surface area contributed by atoms with Gasteiger partial charge in [-0.3, -0.25) is 0 Å². The fourth-order valence-corrected chi connectivity index (χ4v) is 4.37. The lowest BCUT2D eigenvalue weighted by Gasteiger charge is -2.02. The minimum absolute atomic E-state index is 1.12. The number of allylic oxidation sites excluding steroid dienone is 2. The van der Waals surface area contributed by atoms with Gasteiger partial charge in [-0.2, -0.15) is 0 Å². The van der Waals surface area contributed by atoms with Crippen LogP contribution in [0.25, 0.3) is 0 Å². The molecule has 30 heavy (non-hydrogen) atoms. The van der Waals surface area contributed by atoms with Crippen molar-refractivity contribution in [3.8, 4) is 0 Å². The Morgan fingerprint density at radius 2 is 0.633 bits per heavy atom. The van der Waals surface area contributed by atoms with Gasteiger partial charge in [0.2, 0.25) is 0 Å². The molecule has 0 saturated heterocycles. The quantitative estimate of drug-likeness (QED) is 0.0965. The molecule has 179 valence electrons. The van der Waals surface area contributed by atoms with E-state index in [1.807, 2.05) is 0 Å². The number of rotatable bonds is 26. The van der Waals surface area contributed by atoms with Gasteiger partial charge in [0.1, 0.15) is 0 Å². The Morgan fingerprint density at radius 1 is 0.367 bits per heavy atom. The molecule has 0 spiro atoms. The third-order valence-corrected chi connectivity index (χ3v) is 6.51. The molecular formula is C30H59. The van der Waals surface area contributed by atoms with Crippen LogP contribution in [0.1, 0.15) is 174 Å². The van der Waals surface area contributed by atoms with E-state index in [0.717, 1.165) is 6.42 Å². The van der Waals surface area contributed by atoms with Crippen molar-refractivity contribution < 1.29 is 0 Å². The fourth-order valence-electron chi connectivity index (χ4n) is 4.37. The molecule has 0 rings (SSSR count). The van der Waals surface area contributed by atoms with E-state index >= 15 is 0 Å². The third-order valence-electron chi connectivity index (χ3n) is 6.51.